The summed E-state index contributed by atoms with van der Waals surface area (Å²) in [6.07, 6.45) is -0.528. The van der Waals surface area contributed by atoms with Gasteiger partial charge in [0.1, 0.15) is 0 Å². The number of hydrogen-bond acceptors (Lipinski definition) is 3. The minimum absolute atomic E-state index is 0.243. The molecular formula is C17H15BrN2O3. The van der Waals surface area contributed by atoms with Crippen LogP contribution in [-0.2, 0) is 6.54 Å². The molecule has 5 nitrogen and oxygen atoms in total. The summed E-state index contributed by atoms with van der Waals surface area (Å²) in [4.78, 5) is 25.7. The monoisotopic (exact) mass is 374 g/mol. The fourth-order valence-corrected chi connectivity index (χ4v) is 3.60. The number of nitrogens with zero attached hydrogens (tertiary/aromatic N) is 2. The zero-order chi connectivity index (χ0) is 16.4. The van der Waals surface area contributed by atoms with Crippen molar-refractivity contribution in [3.8, 4) is 0 Å². The molecule has 6 heteroatoms. The third kappa shape index (κ3) is 2.01. The zero-order valence-electron chi connectivity index (χ0n) is 12.5. The quantitative estimate of drug-likeness (QED) is 0.485. The molecule has 1 N–H and O–H groups in total. The van der Waals surface area contributed by atoms with Crippen LogP contribution in [0.3, 0.4) is 0 Å². The van der Waals surface area contributed by atoms with E-state index in [1.807, 2.05) is 31.2 Å². The van der Waals surface area contributed by atoms with Crippen molar-refractivity contribution in [1.29, 1.82) is 0 Å². The maximum atomic E-state index is 12.9. The van der Waals surface area contributed by atoms with Gasteiger partial charge >= 0.3 is 0 Å². The lowest BCUT2D eigenvalue weighted by Crippen LogP contribution is -2.50. The Balaban J connectivity index is 2.18. The molecule has 4 rings (SSSR count). The van der Waals surface area contributed by atoms with Gasteiger partial charge in [0.05, 0.1) is 15.1 Å². The lowest BCUT2D eigenvalue weighted by atomic mass is 10.0. The van der Waals surface area contributed by atoms with Gasteiger partial charge in [0.2, 0.25) is 0 Å². The fraction of sp³-hybridized carbons (Fsp3) is 0.294. The Bertz CT molecular complexity index is 1070. The predicted octanol–water partition coefficient (Wildman–Crippen LogP) is 2.36. The average molecular weight is 375 g/mol. The second kappa shape index (κ2) is 4.79. The van der Waals surface area contributed by atoms with Gasteiger partial charge in [-0.25, -0.2) is 9.36 Å². The first-order valence-corrected chi connectivity index (χ1v) is 8.24. The number of aromatic nitrogens is 2. The van der Waals surface area contributed by atoms with Crippen molar-refractivity contribution in [1.82, 2.24) is 9.36 Å². The van der Waals surface area contributed by atoms with Crippen LogP contribution >= 0.6 is 15.9 Å². The van der Waals surface area contributed by atoms with Crippen LogP contribution in [0.15, 0.2) is 46.0 Å². The molecule has 0 saturated carbocycles. The first kappa shape index (κ1) is 14.7. The highest BCUT2D eigenvalue weighted by molar-refractivity contribution is 9.10. The zero-order valence-corrected chi connectivity index (χ0v) is 14.1. The first-order valence-electron chi connectivity index (χ1n) is 7.45. The van der Waals surface area contributed by atoms with Gasteiger partial charge < -0.3 is 5.11 Å². The largest absolute Gasteiger partial charge is 0.370 e. The fourth-order valence-electron chi connectivity index (χ4n) is 3.23. The Labute approximate surface area is 139 Å². The van der Waals surface area contributed by atoms with Gasteiger partial charge in [-0.3, -0.25) is 9.59 Å². The number of alkyl halides is 1. The molecule has 2 aromatic carbocycles. The summed E-state index contributed by atoms with van der Waals surface area (Å²) in [6, 6.07) is 11.1. The Hall–Kier alpha value is -1.92. The van der Waals surface area contributed by atoms with Crippen LogP contribution in [0.25, 0.3) is 21.5 Å². The third-order valence-electron chi connectivity index (χ3n) is 4.63. The van der Waals surface area contributed by atoms with E-state index in [-0.39, 0.29) is 11.1 Å². The topological polar surface area (TPSA) is 64.2 Å². The van der Waals surface area contributed by atoms with Crippen LogP contribution in [0.2, 0.25) is 0 Å². The van der Waals surface area contributed by atoms with E-state index >= 15 is 0 Å². The second-order valence-corrected chi connectivity index (χ2v) is 8.04. The normalized spacial score (nSPS) is 24.0. The molecule has 3 aromatic rings. The highest BCUT2D eigenvalue weighted by Crippen LogP contribution is 2.35. The molecule has 1 aromatic heterocycles. The highest BCUT2D eigenvalue weighted by atomic mass is 79.9. The SMILES string of the molecule is C[C@@]1(Br)CCn2c(=O)c3cc4ccccc4cc3c(=O)n2C1O. The number of hydrogen-bond donors (Lipinski definition) is 1. The van der Waals surface area contributed by atoms with Gasteiger partial charge in [0.15, 0.2) is 6.23 Å². The van der Waals surface area contributed by atoms with E-state index in [1.54, 1.807) is 12.1 Å². The molecule has 0 aliphatic carbocycles. The Morgan fingerprint density at radius 2 is 1.70 bits per heavy atom. The Morgan fingerprint density at radius 3 is 2.30 bits per heavy atom. The highest BCUT2D eigenvalue weighted by Gasteiger charge is 2.38. The van der Waals surface area contributed by atoms with E-state index in [9.17, 15) is 14.7 Å². The van der Waals surface area contributed by atoms with Crippen molar-refractivity contribution in [2.75, 3.05) is 0 Å². The van der Waals surface area contributed by atoms with Crippen LogP contribution in [0.1, 0.15) is 19.6 Å². The number of rotatable bonds is 0. The molecule has 0 amide bonds. The molecule has 1 unspecified atom stereocenters. The standard InChI is InChI=1S/C17H15BrN2O3/c1-17(18)6-7-19-14(21)12-8-10-4-2-3-5-11(10)9-13(12)15(22)20(19)16(17)23/h2-5,8-9,16,23H,6-7H2,1H3/t16?,17-/m1/s1. The van der Waals surface area contributed by atoms with Crippen molar-refractivity contribution < 1.29 is 5.11 Å². The summed E-state index contributed by atoms with van der Waals surface area (Å²) in [6.45, 7) is 2.21. The van der Waals surface area contributed by atoms with E-state index in [0.717, 1.165) is 10.8 Å². The summed E-state index contributed by atoms with van der Waals surface area (Å²) < 4.78 is 1.90. The molecule has 0 bridgehead atoms. The number of halogens is 1. The number of fused-ring (bicyclic) bond motifs is 3. The van der Waals surface area contributed by atoms with Gasteiger partial charge in [0.25, 0.3) is 11.1 Å². The van der Waals surface area contributed by atoms with E-state index < -0.39 is 10.6 Å². The van der Waals surface area contributed by atoms with Crippen molar-refractivity contribution in [2.24, 2.45) is 0 Å². The van der Waals surface area contributed by atoms with Crippen molar-refractivity contribution in [3.63, 3.8) is 0 Å². The van der Waals surface area contributed by atoms with E-state index in [0.29, 0.717) is 23.7 Å². The van der Waals surface area contributed by atoms with Gasteiger partial charge in [-0.15, -0.1) is 0 Å². The molecule has 1 aliphatic heterocycles. The molecule has 0 saturated heterocycles. The molecular weight excluding hydrogens is 360 g/mol. The molecule has 23 heavy (non-hydrogen) atoms. The molecule has 2 heterocycles. The lowest BCUT2D eigenvalue weighted by molar-refractivity contribution is 0.0106. The summed E-state index contributed by atoms with van der Waals surface area (Å²) >= 11 is 3.47. The van der Waals surface area contributed by atoms with Crippen molar-refractivity contribution in [2.45, 2.75) is 30.4 Å². The third-order valence-corrected chi connectivity index (χ3v) is 5.44. The molecule has 2 atom stereocenters. The van der Waals surface area contributed by atoms with Gasteiger partial charge in [-0.05, 0) is 36.2 Å². The van der Waals surface area contributed by atoms with Crippen LogP contribution in [0.4, 0.5) is 0 Å². The van der Waals surface area contributed by atoms with E-state index in [4.69, 9.17) is 0 Å². The maximum Gasteiger partial charge on any atom is 0.275 e. The molecule has 0 spiro atoms. The molecule has 0 radical (unpaired) electrons. The predicted molar refractivity (Wildman–Crippen MR) is 93.2 cm³/mol. The number of benzene rings is 2. The van der Waals surface area contributed by atoms with Crippen LogP contribution in [0, 0.1) is 0 Å². The summed E-state index contributed by atoms with van der Waals surface area (Å²) in [7, 11) is 0. The van der Waals surface area contributed by atoms with Crippen LogP contribution in [-0.4, -0.2) is 18.8 Å². The second-order valence-electron chi connectivity index (χ2n) is 6.22. The minimum atomic E-state index is -1.09. The van der Waals surface area contributed by atoms with Gasteiger partial charge in [-0.2, -0.15) is 0 Å². The number of aliphatic hydroxyl groups excluding tert-OH is 1. The van der Waals surface area contributed by atoms with E-state index in [2.05, 4.69) is 15.9 Å². The number of aliphatic hydroxyl groups is 1. The summed E-state index contributed by atoms with van der Waals surface area (Å²) in [5, 5.41) is 13.1. The Kier molecular flexibility index (Phi) is 3.05. The average Bonchev–Trinajstić information content (AvgIpc) is 2.54. The first-order chi connectivity index (χ1) is 10.9. The smallest absolute Gasteiger partial charge is 0.275 e. The van der Waals surface area contributed by atoms with Crippen molar-refractivity contribution >= 4 is 37.5 Å². The summed E-state index contributed by atoms with van der Waals surface area (Å²) in [5.74, 6) is 0. The lowest BCUT2D eigenvalue weighted by Gasteiger charge is -2.36. The van der Waals surface area contributed by atoms with Gasteiger partial charge in [-0.1, -0.05) is 40.2 Å². The summed E-state index contributed by atoms with van der Waals surface area (Å²) in [5.41, 5.74) is -0.587. The van der Waals surface area contributed by atoms with Crippen LogP contribution < -0.4 is 11.1 Å². The van der Waals surface area contributed by atoms with E-state index in [1.165, 1.54) is 9.36 Å². The molecule has 118 valence electrons. The van der Waals surface area contributed by atoms with Crippen LogP contribution in [0.5, 0.6) is 0 Å². The minimum Gasteiger partial charge on any atom is -0.370 e. The molecule has 1 aliphatic rings. The van der Waals surface area contributed by atoms with Crippen molar-refractivity contribution in [3.05, 3.63) is 57.1 Å². The molecule has 0 fully saturated rings. The Morgan fingerprint density at radius 1 is 1.13 bits per heavy atom. The van der Waals surface area contributed by atoms with Gasteiger partial charge in [0, 0.05) is 6.54 Å². The maximum absolute atomic E-state index is 12.9.